The maximum Gasteiger partial charge on any atom is 0.410 e. The first kappa shape index (κ1) is 38.0. The number of allylic oxidation sites excluding steroid dienone is 2. The number of aromatic nitrogens is 4. The first-order valence-electron chi connectivity index (χ1n) is 20.5. The molecule has 2 aliphatic carbocycles. The molecule has 12 heteroatoms. The Hall–Kier alpha value is -4.51. The maximum atomic E-state index is 12.7. The van der Waals surface area contributed by atoms with Gasteiger partial charge in [0.05, 0.1) is 33.8 Å². The molecule has 4 saturated heterocycles. The third-order valence-corrected chi connectivity index (χ3v) is 12.7. The predicted octanol–water partition coefficient (Wildman–Crippen LogP) is 9.27. The number of benzene rings is 2. The van der Waals surface area contributed by atoms with Crippen LogP contribution < -0.4 is 16.0 Å². The van der Waals surface area contributed by atoms with E-state index in [1.807, 2.05) is 31.7 Å². The van der Waals surface area contributed by atoms with Gasteiger partial charge >= 0.3 is 6.09 Å². The van der Waals surface area contributed by atoms with E-state index in [1.165, 1.54) is 35.1 Å². The van der Waals surface area contributed by atoms with Crippen LogP contribution in [0.25, 0.3) is 11.1 Å². The first-order valence-corrected chi connectivity index (χ1v) is 21.2. The number of hydrogen-bond donors (Lipinski definition) is 3. The minimum Gasteiger partial charge on any atom is -0.444 e. The Bertz CT molecular complexity index is 2210. The zero-order valence-electron chi connectivity index (χ0n) is 32.8. The van der Waals surface area contributed by atoms with Crippen LogP contribution in [0.15, 0.2) is 73.1 Å². The molecule has 57 heavy (non-hydrogen) atoms. The van der Waals surface area contributed by atoms with Gasteiger partial charge in [-0.25, -0.2) is 24.7 Å². The van der Waals surface area contributed by atoms with Gasteiger partial charge in [-0.3, -0.25) is 0 Å². The second-order valence-corrected chi connectivity index (χ2v) is 18.1. The molecule has 3 N–H and O–H groups in total. The van der Waals surface area contributed by atoms with E-state index in [9.17, 15) is 4.79 Å². The van der Waals surface area contributed by atoms with E-state index in [2.05, 4.69) is 80.5 Å². The van der Waals surface area contributed by atoms with Crippen molar-refractivity contribution in [2.75, 3.05) is 10.6 Å². The standard InChI is InChI=1S/C25H29ClN4O2.C20H21ClN4/c1-25(2,3)32-24(31)30-17-9-10-18(30)13-16(12-17)28-23-27-14-21(26)22(29-23)20-11-8-15-6-4-5-7-19(15)20;21-18-11-22-20(24-15-9-13-6-7-14(10-15)23-13)25-19(18)17-8-5-12-3-1-2-4-16(12)17/h4-7,11,14,16-18H,8-10,12-13H2,1-3H3,(H,27,28,29);1-4,8,11,13-15,23H,5-7,9-10H2,(H,22,24,25)/t16?,17-,18+;13-,14+,15?. The largest absolute Gasteiger partial charge is 0.444 e. The summed E-state index contributed by atoms with van der Waals surface area (Å²) in [5.41, 5.74) is 8.34. The summed E-state index contributed by atoms with van der Waals surface area (Å²) < 4.78 is 5.65. The Kier molecular flexibility index (Phi) is 10.5. The summed E-state index contributed by atoms with van der Waals surface area (Å²) in [4.78, 5) is 33.1. The number of amides is 1. The molecule has 296 valence electrons. The number of hydrogen-bond acceptors (Lipinski definition) is 9. The highest BCUT2D eigenvalue weighted by molar-refractivity contribution is 6.32. The lowest BCUT2D eigenvalue weighted by molar-refractivity contribution is 0.00681. The molecule has 0 radical (unpaired) electrons. The minimum absolute atomic E-state index is 0.192. The molecule has 2 aromatic carbocycles. The van der Waals surface area contributed by atoms with Gasteiger partial charge in [-0.2, -0.15) is 0 Å². The number of nitrogens with zero attached hydrogens (tertiary/aromatic N) is 5. The van der Waals surface area contributed by atoms with Crippen LogP contribution in [-0.4, -0.2) is 72.8 Å². The van der Waals surface area contributed by atoms with E-state index in [0.29, 0.717) is 40.1 Å². The van der Waals surface area contributed by atoms with Crippen LogP contribution in [0.4, 0.5) is 16.7 Å². The fourth-order valence-corrected chi connectivity index (χ4v) is 10.1. The van der Waals surface area contributed by atoms with Crippen molar-refractivity contribution in [2.24, 2.45) is 0 Å². The lowest BCUT2D eigenvalue weighted by Gasteiger charge is -2.39. The van der Waals surface area contributed by atoms with E-state index >= 15 is 0 Å². The molecule has 2 aromatic heterocycles. The summed E-state index contributed by atoms with van der Waals surface area (Å²) in [6.45, 7) is 5.73. The minimum atomic E-state index is -0.479. The molecule has 0 saturated carbocycles. The van der Waals surface area contributed by atoms with Gasteiger partial charge in [0.15, 0.2) is 0 Å². The van der Waals surface area contributed by atoms with E-state index < -0.39 is 5.60 Å². The molecule has 4 aliphatic heterocycles. The Balaban J connectivity index is 0.000000153. The Labute approximate surface area is 344 Å². The van der Waals surface area contributed by atoms with Gasteiger partial charge in [0.2, 0.25) is 11.9 Å². The fourth-order valence-electron chi connectivity index (χ4n) is 9.71. The van der Waals surface area contributed by atoms with Crippen LogP contribution >= 0.6 is 23.2 Å². The normalized spacial score (nSPS) is 25.5. The van der Waals surface area contributed by atoms with Crippen LogP contribution in [-0.2, 0) is 17.6 Å². The summed E-state index contributed by atoms with van der Waals surface area (Å²) in [7, 11) is 0. The summed E-state index contributed by atoms with van der Waals surface area (Å²) in [5, 5.41) is 11.9. The SMILES string of the molecule is CC(C)(C)OC(=O)N1[C@@H]2CC[C@H]1CC(Nc1ncc(Cl)c(C3=CCc4ccccc43)n1)C2.Clc1cnc(NC2C[C@H]3CC[C@@H](C2)N3)nc1C1=CCc2ccccc21. The summed E-state index contributed by atoms with van der Waals surface area (Å²) in [5.74, 6) is 1.28. The van der Waals surface area contributed by atoms with Gasteiger partial charge in [-0.15, -0.1) is 0 Å². The molecule has 6 aliphatic rings. The van der Waals surface area contributed by atoms with Gasteiger partial charge in [-0.1, -0.05) is 83.9 Å². The predicted molar refractivity (Wildman–Crippen MR) is 227 cm³/mol. The van der Waals surface area contributed by atoms with Crippen LogP contribution in [0.1, 0.15) is 106 Å². The second-order valence-electron chi connectivity index (χ2n) is 17.3. The first-order chi connectivity index (χ1) is 27.5. The average Bonchev–Trinajstić information content (AvgIpc) is 3.96. The smallest absolute Gasteiger partial charge is 0.410 e. The molecule has 10 rings (SSSR count). The topological polar surface area (TPSA) is 117 Å². The van der Waals surface area contributed by atoms with Crippen molar-refractivity contribution in [2.45, 2.75) is 127 Å². The van der Waals surface area contributed by atoms with Crippen molar-refractivity contribution >= 4 is 52.3 Å². The number of carbonyl (C=O) groups is 1. The lowest BCUT2D eigenvalue weighted by Crippen LogP contribution is -2.51. The number of halogens is 2. The molecule has 10 nitrogen and oxygen atoms in total. The van der Waals surface area contributed by atoms with Crippen molar-refractivity contribution in [3.8, 4) is 0 Å². The van der Waals surface area contributed by atoms with Gasteiger partial charge in [-0.05, 0) is 107 Å². The van der Waals surface area contributed by atoms with Crippen molar-refractivity contribution < 1.29 is 9.53 Å². The van der Waals surface area contributed by atoms with E-state index in [1.54, 1.807) is 12.4 Å². The fraction of sp³-hybridized carbons (Fsp3) is 0.444. The van der Waals surface area contributed by atoms with Gasteiger partial charge in [0.1, 0.15) is 5.60 Å². The number of ether oxygens (including phenoxy) is 1. The summed E-state index contributed by atoms with van der Waals surface area (Å²) in [6.07, 6.45) is 18.1. The van der Waals surface area contributed by atoms with Crippen LogP contribution in [0.3, 0.4) is 0 Å². The molecular formula is C45H50Cl2N8O2. The molecule has 4 fully saturated rings. The molecule has 1 amide bonds. The summed E-state index contributed by atoms with van der Waals surface area (Å²) >= 11 is 12.9. The maximum absolute atomic E-state index is 12.7. The number of fused-ring (bicyclic) bond motifs is 6. The molecule has 6 atom stereocenters. The third-order valence-electron chi connectivity index (χ3n) is 12.1. The average molecular weight is 806 g/mol. The van der Waals surface area contributed by atoms with E-state index in [-0.39, 0.29) is 24.2 Å². The van der Waals surface area contributed by atoms with E-state index in [4.69, 9.17) is 37.9 Å². The number of rotatable bonds is 6. The molecule has 2 unspecified atom stereocenters. The van der Waals surface area contributed by atoms with Crippen molar-refractivity contribution in [1.82, 2.24) is 30.2 Å². The number of piperidine rings is 2. The highest BCUT2D eigenvalue weighted by Gasteiger charge is 2.45. The monoisotopic (exact) mass is 804 g/mol. The highest BCUT2D eigenvalue weighted by Crippen LogP contribution is 2.40. The van der Waals surface area contributed by atoms with Gasteiger partial charge < -0.3 is 25.6 Å². The van der Waals surface area contributed by atoms with E-state index in [0.717, 1.165) is 73.9 Å². The number of anilines is 2. The quantitative estimate of drug-likeness (QED) is 0.175. The van der Waals surface area contributed by atoms with Crippen molar-refractivity contribution in [3.63, 3.8) is 0 Å². The zero-order valence-corrected chi connectivity index (χ0v) is 34.3. The molecule has 0 spiro atoms. The molecule has 6 heterocycles. The van der Waals surface area contributed by atoms with Gasteiger partial charge in [0, 0.05) is 47.4 Å². The molecule has 4 aromatic rings. The van der Waals surface area contributed by atoms with Crippen LogP contribution in [0.5, 0.6) is 0 Å². The summed E-state index contributed by atoms with van der Waals surface area (Å²) in [6, 6.07) is 19.1. The number of carbonyl (C=O) groups excluding carboxylic acids is 1. The lowest BCUT2D eigenvalue weighted by atomic mass is 9.98. The second kappa shape index (κ2) is 15.7. The molecule has 4 bridgehead atoms. The van der Waals surface area contributed by atoms with Crippen LogP contribution in [0.2, 0.25) is 10.0 Å². The van der Waals surface area contributed by atoms with Crippen molar-refractivity contribution in [1.29, 1.82) is 0 Å². The van der Waals surface area contributed by atoms with Gasteiger partial charge in [0.25, 0.3) is 0 Å². The highest BCUT2D eigenvalue weighted by atomic mass is 35.5. The molecular weight excluding hydrogens is 755 g/mol. The van der Waals surface area contributed by atoms with Crippen molar-refractivity contribution in [3.05, 3.63) is 117 Å². The third kappa shape index (κ3) is 8.14. The van der Waals surface area contributed by atoms with Crippen LogP contribution in [0, 0.1) is 0 Å². The Morgan fingerprint density at radius 3 is 1.68 bits per heavy atom. The Morgan fingerprint density at radius 1 is 0.719 bits per heavy atom. The zero-order chi connectivity index (χ0) is 39.3. The Morgan fingerprint density at radius 2 is 1.19 bits per heavy atom. The number of nitrogens with one attached hydrogen (secondary N) is 3.